The van der Waals surface area contributed by atoms with E-state index in [2.05, 4.69) is 37.4 Å². The minimum atomic E-state index is -0.343. The number of rotatable bonds is 6. The first-order valence-corrected chi connectivity index (χ1v) is 11.8. The van der Waals surface area contributed by atoms with Crippen LogP contribution in [-0.2, 0) is 4.79 Å². The lowest BCUT2D eigenvalue weighted by atomic mass is 10.0. The van der Waals surface area contributed by atoms with E-state index in [1.54, 1.807) is 47.5 Å². The molecule has 9 nitrogen and oxygen atoms in total. The predicted molar refractivity (Wildman–Crippen MR) is 147 cm³/mol. The summed E-state index contributed by atoms with van der Waals surface area (Å²) in [4.78, 5) is 32.4. The Labute approximate surface area is 216 Å². The molecule has 0 radical (unpaired) electrons. The molecule has 0 saturated carbocycles. The average molecular weight is 500 g/mol. The van der Waals surface area contributed by atoms with Crippen molar-refractivity contribution in [2.75, 3.05) is 10.6 Å². The third-order valence-electron chi connectivity index (χ3n) is 6.14. The van der Waals surface area contributed by atoms with Crippen LogP contribution in [-0.4, -0.2) is 36.6 Å². The number of aromatic amines is 1. The summed E-state index contributed by atoms with van der Waals surface area (Å²) in [5.41, 5.74) is 6.92. The van der Waals surface area contributed by atoms with Gasteiger partial charge in [-0.25, -0.2) is 4.98 Å². The maximum absolute atomic E-state index is 12.9. The molecule has 6 rings (SSSR count). The zero-order chi connectivity index (χ0) is 26.1. The van der Waals surface area contributed by atoms with E-state index in [0.717, 1.165) is 38.9 Å². The van der Waals surface area contributed by atoms with E-state index in [1.807, 2.05) is 48.5 Å². The van der Waals surface area contributed by atoms with Crippen LogP contribution in [0.15, 0.2) is 104 Å². The summed E-state index contributed by atoms with van der Waals surface area (Å²) in [5.74, 6) is -0.636. The van der Waals surface area contributed by atoms with Crippen molar-refractivity contribution in [1.82, 2.24) is 24.8 Å². The molecule has 0 aliphatic rings. The number of hydrogen-bond acceptors (Lipinski definition) is 5. The molecule has 0 aliphatic carbocycles. The number of fused-ring (bicyclic) bond motifs is 2. The van der Waals surface area contributed by atoms with E-state index in [-0.39, 0.29) is 11.8 Å². The average Bonchev–Trinajstić information content (AvgIpc) is 3.58. The Morgan fingerprint density at radius 1 is 0.868 bits per heavy atom. The van der Waals surface area contributed by atoms with Gasteiger partial charge in [0.1, 0.15) is 5.65 Å². The number of hydrogen-bond donors (Lipinski definition) is 3. The standard InChI is InChI=1S/C29H21N7O2/c1-2-27(37)33-20-8-4-7-19(15-20)29(38)34-21-9-3-6-18(14-21)25-16-23-22(11-13-30-28(23)35-25)24-17-32-36-26(24)10-5-12-31-36/h2-17H,1H2,(H,30,35)(H,33,37)(H,34,38). The maximum atomic E-state index is 12.9. The number of benzene rings is 2. The number of amides is 2. The monoisotopic (exact) mass is 499 g/mol. The molecule has 2 amide bonds. The van der Waals surface area contributed by atoms with E-state index in [4.69, 9.17) is 0 Å². The maximum Gasteiger partial charge on any atom is 0.255 e. The lowest BCUT2D eigenvalue weighted by molar-refractivity contribution is -0.111. The predicted octanol–water partition coefficient (Wildman–Crippen LogP) is 5.32. The fraction of sp³-hybridized carbons (Fsp3) is 0. The van der Waals surface area contributed by atoms with Crippen molar-refractivity contribution in [2.45, 2.75) is 0 Å². The molecule has 2 aromatic carbocycles. The molecule has 4 heterocycles. The van der Waals surface area contributed by atoms with Crippen molar-refractivity contribution in [3.8, 4) is 22.4 Å². The third-order valence-corrected chi connectivity index (χ3v) is 6.14. The van der Waals surface area contributed by atoms with Gasteiger partial charge in [-0.15, -0.1) is 0 Å². The lowest BCUT2D eigenvalue weighted by Crippen LogP contribution is -2.13. The molecule has 3 N–H and O–H groups in total. The SMILES string of the molecule is C=CC(=O)Nc1cccc(C(=O)Nc2cccc(-c3cc4c(-c5cnn6ncccc56)ccnc4[nH]3)c2)c1. The van der Waals surface area contributed by atoms with Crippen LogP contribution in [0.1, 0.15) is 10.4 Å². The minimum absolute atomic E-state index is 0.292. The summed E-state index contributed by atoms with van der Waals surface area (Å²) in [5, 5.41) is 15.2. The summed E-state index contributed by atoms with van der Waals surface area (Å²) in [6.45, 7) is 3.44. The highest BCUT2D eigenvalue weighted by Gasteiger charge is 2.14. The largest absolute Gasteiger partial charge is 0.339 e. The van der Waals surface area contributed by atoms with Gasteiger partial charge in [-0.05, 0) is 66.2 Å². The highest BCUT2D eigenvalue weighted by atomic mass is 16.2. The van der Waals surface area contributed by atoms with Gasteiger partial charge in [0.05, 0.1) is 11.7 Å². The van der Waals surface area contributed by atoms with Crippen LogP contribution < -0.4 is 10.6 Å². The van der Waals surface area contributed by atoms with E-state index >= 15 is 0 Å². The van der Waals surface area contributed by atoms with Gasteiger partial charge < -0.3 is 15.6 Å². The van der Waals surface area contributed by atoms with Crippen LogP contribution in [0.3, 0.4) is 0 Å². The first kappa shape index (κ1) is 22.9. The Morgan fingerprint density at radius 3 is 2.58 bits per heavy atom. The molecule has 0 atom stereocenters. The molecule has 6 aromatic rings. The molecular formula is C29H21N7O2. The quantitative estimate of drug-likeness (QED) is 0.268. The number of nitrogens with one attached hydrogen (secondary N) is 3. The second-order valence-corrected chi connectivity index (χ2v) is 8.57. The highest BCUT2D eigenvalue weighted by molar-refractivity contribution is 6.06. The van der Waals surface area contributed by atoms with Crippen LogP contribution in [0.25, 0.3) is 38.9 Å². The van der Waals surface area contributed by atoms with Crippen molar-refractivity contribution in [3.63, 3.8) is 0 Å². The fourth-order valence-electron chi connectivity index (χ4n) is 4.36. The van der Waals surface area contributed by atoms with E-state index in [9.17, 15) is 9.59 Å². The molecule has 0 aliphatic heterocycles. The number of H-pyrrole nitrogens is 1. The summed E-state index contributed by atoms with van der Waals surface area (Å²) in [6.07, 6.45) is 6.44. The van der Waals surface area contributed by atoms with Crippen LogP contribution in [0.4, 0.5) is 11.4 Å². The minimum Gasteiger partial charge on any atom is -0.339 e. The Hall–Kier alpha value is -5.57. The van der Waals surface area contributed by atoms with Crippen LogP contribution >= 0.6 is 0 Å². The molecule has 38 heavy (non-hydrogen) atoms. The molecule has 184 valence electrons. The van der Waals surface area contributed by atoms with Crippen LogP contribution in [0, 0.1) is 0 Å². The Kier molecular flexibility index (Phi) is 5.70. The number of anilines is 2. The number of carbonyl (C=O) groups excluding carboxylic acids is 2. The summed E-state index contributed by atoms with van der Waals surface area (Å²) < 4.78 is 1.60. The molecule has 0 saturated heterocycles. The highest BCUT2D eigenvalue weighted by Crippen LogP contribution is 2.33. The van der Waals surface area contributed by atoms with Gasteiger partial charge in [0.2, 0.25) is 5.91 Å². The Bertz CT molecular complexity index is 1850. The number of carbonyl (C=O) groups is 2. The van der Waals surface area contributed by atoms with E-state index in [1.165, 1.54) is 6.08 Å². The zero-order valence-corrected chi connectivity index (χ0v) is 20.1. The summed E-state index contributed by atoms with van der Waals surface area (Å²) in [7, 11) is 0. The van der Waals surface area contributed by atoms with Gasteiger partial charge in [-0.1, -0.05) is 24.8 Å². The van der Waals surface area contributed by atoms with Crippen molar-refractivity contribution in [3.05, 3.63) is 110 Å². The topological polar surface area (TPSA) is 117 Å². The molecule has 0 bridgehead atoms. The first-order chi connectivity index (χ1) is 18.6. The van der Waals surface area contributed by atoms with Crippen molar-refractivity contribution < 1.29 is 9.59 Å². The summed E-state index contributed by atoms with van der Waals surface area (Å²) >= 11 is 0. The third kappa shape index (κ3) is 4.28. The molecular weight excluding hydrogens is 478 g/mol. The molecule has 0 unspecified atom stereocenters. The number of aromatic nitrogens is 5. The Morgan fingerprint density at radius 2 is 1.71 bits per heavy atom. The summed E-state index contributed by atoms with van der Waals surface area (Å²) in [6, 6.07) is 22.1. The van der Waals surface area contributed by atoms with Gasteiger partial charge in [0, 0.05) is 51.5 Å². The Balaban J connectivity index is 1.29. The van der Waals surface area contributed by atoms with Crippen LogP contribution in [0.5, 0.6) is 0 Å². The van der Waals surface area contributed by atoms with Gasteiger partial charge in [0.15, 0.2) is 0 Å². The second kappa shape index (κ2) is 9.47. The number of nitrogens with zero attached hydrogens (tertiary/aromatic N) is 4. The fourth-order valence-corrected chi connectivity index (χ4v) is 4.36. The number of pyridine rings is 1. The zero-order valence-electron chi connectivity index (χ0n) is 20.1. The smallest absolute Gasteiger partial charge is 0.255 e. The van der Waals surface area contributed by atoms with E-state index in [0.29, 0.717) is 16.9 Å². The lowest BCUT2D eigenvalue weighted by Gasteiger charge is -2.09. The van der Waals surface area contributed by atoms with Gasteiger partial charge in [0.25, 0.3) is 5.91 Å². The van der Waals surface area contributed by atoms with Crippen molar-refractivity contribution >= 4 is 39.7 Å². The molecule has 4 aromatic heterocycles. The van der Waals surface area contributed by atoms with Gasteiger partial charge in [-0.3, -0.25) is 9.59 Å². The van der Waals surface area contributed by atoms with Gasteiger partial charge in [-0.2, -0.15) is 14.8 Å². The van der Waals surface area contributed by atoms with Crippen molar-refractivity contribution in [1.29, 1.82) is 0 Å². The second-order valence-electron chi connectivity index (χ2n) is 8.57. The van der Waals surface area contributed by atoms with Crippen molar-refractivity contribution in [2.24, 2.45) is 0 Å². The molecule has 0 fully saturated rings. The first-order valence-electron chi connectivity index (χ1n) is 11.8. The van der Waals surface area contributed by atoms with Crippen LogP contribution in [0.2, 0.25) is 0 Å². The van der Waals surface area contributed by atoms with E-state index < -0.39 is 0 Å². The normalized spacial score (nSPS) is 10.9. The molecule has 9 heteroatoms. The van der Waals surface area contributed by atoms with Gasteiger partial charge >= 0.3 is 0 Å². The molecule has 0 spiro atoms.